The third kappa shape index (κ3) is 2.98. The second-order valence-corrected chi connectivity index (χ2v) is 6.33. The Morgan fingerprint density at radius 2 is 2.25 bits per heavy atom. The molecule has 0 saturated carbocycles. The van der Waals surface area contributed by atoms with Gasteiger partial charge in [0.25, 0.3) is 5.91 Å². The molecule has 1 amide bonds. The predicted molar refractivity (Wildman–Crippen MR) is 86.9 cm³/mol. The molecule has 1 fully saturated rings. The number of carbonyl (C=O) groups is 1. The molecule has 0 bridgehead atoms. The number of aromatic nitrogens is 3. The first kappa shape index (κ1) is 16.4. The normalized spacial score (nSPS) is 17.5. The molecule has 0 aromatic carbocycles. The molecule has 1 saturated heterocycles. The van der Waals surface area contributed by atoms with E-state index in [1.807, 2.05) is 20.8 Å². The van der Waals surface area contributed by atoms with Crippen molar-refractivity contribution in [3.8, 4) is 5.75 Å². The fourth-order valence-corrected chi connectivity index (χ4v) is 2.92. The zero-order chi connectivity index (χ0) is 17.3. The average molecular weight is 330 g/mol. The molecule has 0 spiro atoms. The number of nitrogens with zero attached hydrogens (tertiary/aromatic N) is 4. The number of carbonyl (C=O) groups excluding carboxylic acids is 1. The summed E-state index contributed by atoms with van der Waals surface area (Å²) < 4.78 is 10.7. The van der Waals surface area contributed by atoms with Crippen LogP contribution in [0.4, 0.5) is 0 Å². The molecule has 3 heterocycles. The number of hydrogen-bond acceptors (Lipinski definition) is 6. The van der Waals surface area contributed by atoms with Gasteiger partial charge in [-0.1, -0.05) is 19.0 Å². The first-order valence-electron chi connectivity index (χ1n) is 8.16. The van der Waals surface area contributed by atoms with Gasteiger partial charge in [0.05, 0.1) is 18.9 Å². The van der Waals surface area contributed by atoms with Crippen molar-refractivity contribution < 1.29 is 14.1 Å². The van der Waals surface area contributed by atoms with Crippen molar-refractivity contribution in [2.45, 2.75) is 45.6 Å². The van der Waals surface area contributed by atoms with Crippen molar-refractivity contribution >= 4 is 5.91 Å². The first-order valence-corrected chi connectivity index (χ1v) is 8.16. The maximum absolute atomic E-state index is 13.0. The maximum atomic E-state index is 13.0. The Morgan fingerprint density at radius 3 is 2.92 bits per heavy atom. The van der Waals surface area contributed by atoms with Crippen LogP contribution in [0.1, 0.15) is 66.4 Å². The Hall–Kier alpha value is -2.44. The number of methoxy groups -OCH3 is 1. The summed E-state index contributed by atoms with van der Waals surface area (Å²) in [6, 6.07) is 1.57. The second kappa shape index (κ2) is 6.59. The van der Waals surface area contributed by atoms with Crippen molar-refractivity contribution in [3.63, 3.8) is 0 Å². The van der Waals surface area contributed by atoms with Gasteiger partial charge in [0.2, 0.25) is 5.89 Å². The Balaban J connectivity index is 1.90. The van der Waals surface area contributed by atoms with Gasteiger partial charge in [-0.15, -0.1) is 0 Å². The average Bonchev–Trinajstić information content (AvgIpc) is 3.22. The van der Waals surface area contributed by atoms with E-state index in [0.29, 0.717) is 29.6 Å². The SMILES string of the molecule is COc1cnc(C)cc1C(=O)N1CCC[C@H]1c1nc(C(C)C)no1. The van der Waals surface area contributed by atoms with Crippen LogP contribution < -0.4 is 4.74 Å². The van der Waals surface area contributed by atoms with Gasteiger partial charge in [-0.25, -0.2) is 0 Å². The van der Waals surface area contributed by atoms with E-state index in [2.05, 4.69) is 15.1 Å². The molecule has 7 nitrogen and oxygen atoms in total. The lowest BCUT2D eigenvalue weighted by atomic mass is 10.1. The summed E-state index contributed by atoms with van der Waals surface area (Å²) in [5.41, 5.74) is 1.29. The number of amides is 1. The highest BCUT2D eigenvalue weighted by atomic mass is 16.5. The number of rotatable bonds is 4. The molecule has 1 aliphatic heterocycles. The Bertz CT molecular complexity index is 741. The highest BCUT2D eigenvalue weighted by Gasteiger charge is 2.35. The summed E-state index contributed by atoms with van der Waals surface area (Å²) in [6.07, 6.45) is 3.30. The molecule has 3 rings (SSSR count). The minimum absolute atomic E-state index is 0.0934. The van der Waals surface area contributed by atoms with Gasteiger partial charge in [-0.05, 0) is 25.8 Å². The highest BCUT2D eigenvalue weighted by molar-refractivity contribution is 5.97. The van der Waals surface area contributed by atoms with Crippen LogP contribution >= 0.6 is 0 Å². The van der Waals surface area contributed by atoms with Crippen LogP contribution in [-0.2, 0) is 0 Å². The fraction of sp³-hybridized carbons (Fsp3) is 0.529. The molecule has 0 N–H and O–H groups in total. The van der Waals surface area contributed by atoms with Gasteiger partial charge >= 0.3 is 0 Å². The first-order chi connectivity index (χ1) is 11.5. The minimum Gasteiger partial charge on any atom is -0.494 e. The van der Waals surface area contributed by atoms with Gasteiger partial charge in [0.15, 0.2) is 5.82 Å². The lowest BCUT2D eigenvalue weighted by Crippen LogP contribution is -2.31. The van der Waals surface area contributed by atoms with Gasteiger partial charge in [-0.2, -0.15) is 4.98 Å². The molecule has 1 aliphatic rings. The van der Waals surface area contributed by atoms with E-state index < -0.39 is 0 Å². The third-order valence-corrected chi connectivity index (χ3v) is 4.23. The Morgan fingerprint density at radius 1 is 1.46 bits per heavy atom. The van der Waals surface area contributed by atoms with Crippen molar-refractivity contribution in [3.05, 3.63) is 35.2 Å². The van der Waals surface area contributed by atoms with Crippen LogP contribution in [0.3, 0.4) is 0 Å². The predicted octanol–water partition coefficient (Wildman–Crippen LogP) is 2.88. The van der Waals surface area contributed by atoms with E-state index in [9.17, 15) is 4.79 Å². The summed E-state index contributed by atoms with van der Waals surface area (Å²) in [4.78, 5) is 23.5. The molecule has 2 aromatic heterocycles. The Kier molecular flexibility index (Phi) is 4.51. The smallest absolute Gasteiger partial charge is 0.258 e. The fourth-order valence-electron chi connectivity index (χ4n) is 2.92. The van der Waals surface area contributed by atoms with E-state index in [4.69, 9.17) is 9.26 Å². The van der Waals surface area contributed by atoms with Gasteiger partial charge in [0.1, 0.15) is 11.8 Å². The molecule has 128 valence electrons. The van der Waals surface area contributed by atoms with E-state index in [1.165, 1.54) is 7.11 Å². The summed E-state index contributed by atoms with van der Waals surface area (Å²) >= 11 is 0. The van der Waals surface area contributed by atoms with E-state index in [0.717, 1.165) is 18.5 Å². The summed E-state index contributed by atoms with van der Waals surface area (Å²) in [7, 11) is 1.54. The molecule has 24 heavy (non-hydrogen) atoms. The van der Waals surface area contributed by atoms with Crippen LogP contribution in [-0.4, -0.2) is 39.6 Å². The van der Waals surface area contributed by atoms with E-state index >= 15 is 0 Å². The molecule has 7 heteroatoms. The van der Waals surface area contributed by atoms with Crippen molar-refractivity contribution in [2.75, 3.05) is 13.7 Å². The molecular weight excluding hydrogens is 308 g/mol. The molecule has 2 aromatic rings. The molecule has 0 radical (unpaired) electrons. The van der Waals surface area contributed by atoms with E-state index in [1.54, 1.807) is 17.2 Å². The van der Waals surface area contributed by atoms with Gasteiger partial charge < -0.3 is 14.2 Å². The Labute approximate surface area is 141 Å². The topological polar surface area (TPSA) is 81.4 Å². The van der Waals surface area contributed by atoms with Gasteiger partial charge in [-0.3, -0.25) is 9.78 Å². The summed E-state index contributed by atoms with van der Waals surface area (Å²) in [6.45, 7) is 6.53. The minimum atomic E-state index is -0.185. The van der Waals surface area contributed by atoms with Crippen molar-refractivity contribution in [2.24, 2.45) is 0 Å². The van der Waals surface area contributed by atoms with Crippen LogP contribution in [0.15, 0.2) is 16.8 Å². The standard InChI is InChI=1S/C17H22N4O3/c1-10(2)15-19-16(24-20-15)13-6-5-7-21(13)17(22)12-8-11(3)18-9-14(12)23-4/h8-10,13H,5-7H2,1-4H3/t13-/m0/s1. The molecular formula is C17H22N4O3. The van der Waals surface area contributed by atoms with Crippen LogP contribution in [0.2, 0.25) is 0 Å². The number of ether oxygens (including phenoxy) is 1. The monoisotopic (exact) mass is 330 g/mol. The molecule has 1 atom stereocenters. The van der Waals surface area contributed by atoms with Crippen LogP contribution in [0.5, 0.6) is 5.75 Å². The van der Waals surface area contributed by atoms with Crippen LogP contribution in [0.25, 0.3) is 0 Å². The van der Waals surface area contributed by atoms with Gasteiger partial charge in [0, 0.05) is 18.2 Å². The molecule has 0 aliphatic carbocycles. The zero-order valence-electron chi connectivity index (χ0n) is 14.4. The largest absolute Gasteiger partial charge is 0.494 e. The maximum Gasteiger partial charge on any atom is 0.258 e. The molecule has 0 unspecified atom stereocenters. The number of likely N-dealkylation sites (tertiary alicyclic amines) is 1. The number of aryl methyl sites for hydroxylation is 1. The summed E-state index contributed by atoms with van der Waals surface area (Å²) in [5, 5.41) is 4.02. The van der Waals surface area contributed by atoms with Crippen molar-refractivity contribution in [1.29, 1.82) is 0 Å². The van der Waals surface area contributed by atoms with Crippen molar-refractivity contribution in [1.82, 2.24) is 20.0 Å². The van der Waals surface area contributed by atoms with Crippen LogP contribution in [0, 0.1) is 6.92 Å². The van der Waals surface area contributed by atoms with E-state index in [-0.39, 0.29) is 17.9 Å². The number of hydrogen-bond donors (Lipinski definition) is 0. The second-order valence-electron chi connectivity index (χ2n) is 6.33. The lowest BCUT2D eigenvalue weighted by molar-refractivity contribution is 0.0706. The third-order valence-electron chi connectivity index (χ3n) is 4.23. The highest BCUT2D eigenvalue weighted by Crippen LogP contribution is 2.34. The summed E-state index contributed by atoms with van der Waals surface area (Å²) in [5.74, 6) is 1.75. The lowest BCUT2D eigenvalue weighted by Gasteiger charge is -2.23. The zero-order valence-corrected chi connectivity index (χ0v) is 14.4. The quantitative estimate of drug-likeness (QED) is 0.857. The number of pyridine rings is 1.